The third kappa shape index (κ3) is 5.06. The minimum absolute atomic E-state index is 0.916. The van der Waals surface area contributed by atoms with Crippen LogP contribution in [0.15, 0.2) is 42.7 Å². The lowest BCUT2D eigenvalue weighted by Gasteiger charge is -2.19. The van der Waals surface area contributed by atoms with Crippen LogP contribution < -0.4 is 10.2 Å². The number of nitrogens with zero attached hydrogens (tertiary/aromatic N) is 3. The van der Waals surface area contributed by atoms with Gasteiger partial charge in [-0.25, -0.2) is 9.97 Å². The van der Waals surface area contributed by atoms with Gasteiger partial charge in [0.15, 0.2) is 0 Å². The molecule has 0 unspecified atom stereocenters. The van der Waals surface area contributed by atoms with Gasteiger partial charge >= 0.3 is 0 Å². The summed E-state index contributed by atoms with van der Waals surface area (Å²) in [6.45, 7) is 4.10. The molecule has 1 heterocycles. The van der Waals surface area contributed by atoms with E-state index in [1.807, 2.05) is 12.1 Å². The lowest BCUT2D eigenvalue weighted by molar-refractivity contribution is 0.811. The fraction of sp³-hybridized carbons (Fsp3) is 0.412. The van der Waals surface area contributed by atoms with Crippen molar-refractivity contribution >= 4 is 11.5 Å². The maximum atomic E-state index is 4.27. The Morgan fingerprint density at radius 3 is 2.71 bits per heavy atom. The Hall–Kier alpha value is -2.10. The molecule has 0 aliphatic carbocycles. The molecule has 1 N–H and O–H groups in total. The van der Waals surface area contributed by atoms with Crippen LogP contribution in [-0.4, -0.2) is 30.1 Å². The molecule has 112 valence electrons. The first kappa shape index (κ1) is 15.3. The molecule has 4 heteroatoms. The van der Waals surface area contributed by atoms with Crippen LogP contribution in [0.5, 0.6) is 0 Å². The Bertz CT molecular complexity index is 527. The second-order valence-corrected chi connectivity index (χ2v) is 5.18. The summed E-state index contributed by atoms with van der Waals surface area (Å²) in [5.41, 5.74) is 2.36. The van der Waals surface area contributed by atoms with Crippen molar-refractivity contribution in [1.82, 2.24) is 9.97 Å². The molecule has 0 saturated carbocycles. The molecule has 0 bridgehead atoms. The highest BCUT2D eigenvalue weighted by atomic mass is 15.1. The summed E-state index contributed by atoms with van der Waals surface area (Å²) in [6.07, 6.45) is 4.83. The van der Waals surface area contributed by atoms with Crippen LogP contribution in [0.25, 0.3) is 0 Å². The number of aryl methyl sites for hydroxylation is 1. The van der Waals surface area contributed by atoms with Gasteiger partial charge in [-0.1, -0.05) is 31.5 Å². The van der Waals surface area contributed by atoms with Crippen molar-refractivity contribution in [2.75, 3.05) is 30.4 Å². The third-order valence-electron chi connectivity index (χ3n) is 3.40. The summed E-state index contributed by atoms with van der Waals surface area (Å²) in [5, 5.41) is 3.37. The molecule has 4 nitrogen and oxygen atoms in total. The maximum absolute atomic E-state index is 4.27. The van der Waals surface area contributed by atoms with E-state index in [9.17, 15) is 0 Å². The van der Waals surface area contributed by atoms with Gasteiger partial charge in [-0.15, -0.1) is 0 Å². The highest BCUT2D eigenvalue weighted by molar-refractivity contribution is 5.44. The van der Waals surface area contributed by atoms with Crippen LogP contribution in [0.2, 0.25) is 0 Å². The third-order valence-corrected chi connectivity index (χ3v) is 3.40. The van der Waals surface area contributed by atoms with Gasteiger partial charge in [0.2, 0.25) is 0 Å². The van der Waals surface area contributed by atoms with E-state index in [0.717, 1.165) is 43.9 Å². The van der Waals surface area contributed by atoms with Crippen molar-refractivity contribution in [3.05, 3.63) is 48.4 Å². The molecule has 0 saturated heterocycles. The van der Waals surface area contributed by atoms with E-state index in [-0.39, 0.29) is 0 Å². The van der Waals surface area contributed by atoms with Crippen LogP contribution in [-0.2, 0) is 6.42 Å². The van der Waals surface area contributed by atoms with Gasteiger partial charge < -0.3 is 10.2 Å². The van der Waals surface area contributed by atoms with E-state index < -0.39 is 0 Å². The monoisotopic (exact) mass is 284 g/mol. The number of rotatable bonds is 8. The van der Waals surface area contributed by atoms with Gasteiger partial charge in [-0.2, -0.15) is 0 Å². The second-order valence-electron chi connectivity index (χ2n) is 5.18. The van der Waals surface area contributed by atoms with Crippen LogP contribution in [0.1, 0.15) is 25.5 Å². The van der Waals surface area contributed by atoms with Crippen molar-refractivity contribution < 1.29 is 0 Å². The lowest BCUT2D eigenvalue weighted by Crippen LogP contribution is -2.20. The van der Waals surface area contributed by atoms with Crippen molar-refractivity contribution in [3.8, 4) is 0 Å². The predicted octanol–water partition coefficient (Wildman–Crippen LogP) is 3.37. The maximum Gasteiger partial charge on any atom is 0.129 e. The van der Waals surface area contributed by atoms with Crippen LogP contribution >= 0.6 is 0 Å². The van der Waals surface area contributed by atoms with Gasteiger partial charge in [0.05, 0.1) is 0 Å². The molecule has 2 aromatic rings. The Morgan fingerprint density at radius 2 is 1.95 bits per heavy atom. The van der Waals surface area contributed by atoms with Gasteiger partial charge in [0.1, 0.15) is 12.1 Å². The zero-order valence-electron chi connectivity index (χ0n) is 12.9. The predicted molar refractivity (Wildman–Crippen MR) is 88.8 cm³/mol. The Morgan fingerprint density at radius 1 is 1.14 bits per heavy atom. The molecular formula is C17H24N4. The van der Waals surface area contributed by atoms with E-state index in [1.165, 1.54) is 5.69 Å². The zero-order valence-corrected chi connectivity index (χ0v) is 12.9. The van der Waals surface area contributed by atoms with Gasteiger partial charge in [0.25, 0.3) is 0 Å². The van der Waals surface area contributed by atoms with E-state index in [1.54, 1.807) is 6.33 Å². The minimum atomic E-state index is 0.916. The first-order valence-electron chi connectivity index (χ1n) is 7.60. The quantitative estimate of drug-likeness (QED) is 0.755. The van der Waals surface area contributed by atoms with Crippen LogP contribution in [0.4, 0.5) is 11.5 Å². The Labute approximate surface area is 127 Å². The average molecular weight is 284 g/mol. The fourth-order valence-corrected chi connectivity index (χ4v) is 2.23. The molecule has 0 spiro atoms. The first-order chi connectivity index (χ1) is 10.3. The molecule has 0 radical (unpaired) electrons. The summed E-state index contributed by atoms with van der Waals surface area (Å²) in [7, 11) is 2.12. The molecule has 0 amide bonds. The van der Waals surface area contributed by atoms with Gasteiger partial charge in [0, 0.05) is 37.6 Å². The molecule has 0 atom stereocenters. The number of aromatic nitrogens is 2. The van der Waals surface area contributed by atoms with Crippen molar-refractivity contribution in [1.29, 1.82) is 0 Å². The lowest BCUT2D eigenvalue weighted by atomic mass is 10.2. The van der Waals surface area contributed by atoms with E-state index in [2.05, 4.69) is 58.4 Å². The Kier molecular flexibility index (Phi) is 6.00. The molecular weight excluding hydrogens is 260 g/mol. The topological polar surface area (TPSA) is 41.0 Å². The standard InChI is InChI=1S/C17H24N4/c1-3-8-15-13-17(20-14-19-15)18-11-7-12-21(2)16-9-5-4-6-10-16/h4-6,9-10,13-14H,3,7-8,11-12H2,1-2H3,(H,18,19,20). The van der Waals surface area contributed by atoms with Gasteiger partial charge in [-0.3, -0.25) is 0 Å². The molecule has 21 heavy (non-hydrogen) atoms. The van der Waals surface area contributed by atoms with Crippen molar-refractivity contribution in [2.45, 2.75) is 26.2 Å². The first-order valence-corrected chi connectivity index (χ1v) is 7.60. The number of hydrogen-bond donors (Lipinski definition) is 1. The largest absolute Gasteiger partial charge is 0.375 e. The number of para-hydroxylation sites is 1. The van der Waals surface area contributed by atoms with Crippen LogP contribution in [0.3, 0.4) is 0 Å². The smallest absolute Gasteiger partial charge is 0.129 e. The normalized spacial score (nSPS) is 10.4. The molecule has 0 fully saturated rings. The molecule has 0 aliphatic rings. The molecule has 0 aliphatic heterocycles. The van der Waals surface area contributed by atoms with E-state index in [4.69, 9.17) is 0 Å². The molecule has 1 aromatic carbocycles. The zero-order chi connectivity index (χ0) is 14.9. The summed E-state index contributed by atoms with van der Waals surface area (Å²) >= 11 is 0. The SMILES string of the molecule is CCCc1cc(NCCCN(C)c2ccccc2)ncn1. The van der Waals surface area contributed by atoms with Crippen LogP contribution in [0, 0.1) is 0 Å². The second kappa shape index (κ2) is 8.25. The average Bonchev–Trinajstić information content (AvgIpc) is 2.53. The number of benzene rings is 1. The molecule has 2 rings (SSSR count). The highest BCUT2D eigenvalue weighted by Crippen LogP contribution is 2.11. The van der Waals surface area contributed by atoms with E-state index in [0.29, 0.717) is 0 Å². The summed E-state index contributed by atoms with van der Waals surface area (Å²) in [6, 6.07) is 12.5. The minimum Gasteiger partial charge on any atom is -0.375 e. The summed E-state index contributed by atoms with van der Waals surface area (Å²) in [5.74, 6) is 0.927. The number of hydrogen-bond acceptors (Lipinski definition) is 4. The van der Waals surface area contributed by atoms with Gasteiger partial charge in [-0.05, 0) is 25.0 Å². The summed E-state index contributed by atoms with van der Waals surface area (Å²) < 4.78 is 0. The van der Waals surface area contributed by atoms with E-state index >= 15 is 0 Å². The number of anilines is 2. The van der Waals surface area contributed by atoms with Crippen molar-refractivity contribution in [2.24, 2.45) is 0 Å². The summed E-state index contributed by atoms with van der Waals surface area (Å²) in [4.78, 5) is 10.8. The van der Waals surface area contributed by atoms with Crippen molar-refractivity contribution in [3.63, 3.8) is 0 Å². The number of nitrogens with one attached hydrogen (secondary N) is 1. The highest BCUT2D eigenvalue weighted by Gasteiger charge is 2.00. The fourth-order valence-electron chi connectivity index (χ4n) is 2.23. The Balaban J connectivity index is 1.73. The molecule has 1 aromatic heterocycles.